The van der Waals surface area contributed by atoms with Crippen LogP contribution in [0.3, 0.4) is 0 Å². The van der Waals surface area contributed by atoms with Gasteiger partial charge in [0.25, 0.3) is 5.56 Å². The Morgan fingerprint density at radius 1 is 1.31 bits per heavy atom. The maximum atomic E-state index is 12.9. The fourth-order valence-electron chi connectivity index (χ4n) is 3.74. The highest BCUT2D eigenvalue weighted by atomic mass is 16.6. The number of hydrogen-bond acceptors (Lipinski definition) is 9. The second-order valence-electron chi connectivity index (χ2n) is 9.48. The first-order valence-electron chi connectivity index (χ1n) is 11.4. The number of nitrogens with zero attached hydrogens (tertiary/aromatic N) is 2. The van der Waals surface area contributed by atoms with Crippen molar-refractivity contribution in [3.63, 3.8) is 0 Å². The molecular weight excluding hydrogens is 470 g/mol. The molecule has 1 amide bonds. The van der Waals surface area contributed by atoms with Crippen molar-refractivity contribution in [1.82, 2.24) is 14.9 Å². The number of aromatic amines is 1. The molecule has 0 bridgehead atoms. The van der Waals surface area contributed by atoms with E-state index in [-0.39, 0.29) is 30.4 Å². The fourth-order valence-corrected chi connectivity index (χ4v) is 3.74. The number of carbonyl (C=O) groups excluding carboxylic acids is 3. The Balaban J connectivity index is 0.00000145. The van der Waals surface area contributed by atoms with E-state index in [1.165, 1.54) is 4.90 Å². The second-order valence-corrected chi connectivity index (χ2v) is 9.48. The van der Waals surface area contributed by atoms with Crippen LogP contribution in [-0.2, 0) is 35.9 Å². The lowest BCUT2D eigenvalue weighted by Gasteiger charge is -2.45. The van der Waals surface area contributed by atoms with E-state index in [2.05, 4.69) is 9.97 Å². The smallest absolute Gasteiger partial charge is 0.410 e. The summed E-state index contributed by atoms with van der Waals surface area (Å²) in [5, 5.41) is 9.89. The first-order chi connectivity index (χ1) is 16.9. The minimum Gasteiger partial charge on any atom is -0.502 e. The van der Waals surface area contributed by atoms with Gasteiger partial charge in [-0.15, -0.1) is 0 Å². The lowest BCUT2D eigenvalue weighted by atomic mass is 9.87. The van der Waals surface area contributed by atoms with Gasteiger partial charge in [0.2, 0.25) is 5.75 Å². The average Bonchev–Trinajstić information content (AvgIpc) is 2.82. The molecule has 36 heavy (non-hydrogen) atoms. The lowest BCUT2D eigenvalue weighted by Crippen LogP contribution is -2.56. The van der Waals surface area contributed by atoms with E-state index in [9.17, 15) is 14.7 Å². The zero-order chi connectivity index (χ0) is 26.9. The molecule has 11 heteroatoms. The SMILES string of the molecule is Cc1nc([C@]2(N(C)C(=O)OC(C)(C)C)CC[C@H](COCc3ccccc3)OC2)[nH]c(=O)c1O.O=C=O. The predicted molar refractivity (Wildman–Crippen MR) is 127 cm³/mol. The van der Waals surface area contributed by atoms with Gasteiger partial charge in [-0.2, -0.15) is 9.59 Å². The normalized spacial score (nSPS) is 19.4. The molecule has 1 saturated heterocycles. The van der Waals surface area contributed by atoms with E-state index in [1.54, 1.807) is 34.7 Å². The highest BCUT2D eigenvalue weighted by molar-refractivity contribution is 5.69. The number of amides is 1. The van der Waals surface area contributed by atoms with E-state index in [4.69, 9.17) is 23.8 Å². The van der Waals surface area contributed by atoms with Crippen LogP contribution >= 0.6 is 0 Å². The van der Waals surface area contributed by atoms with Gasteiger partial charge in [-0.25, -0.2) is 9.78 Å². The molecule has 1 aliphatic rings. The molecule has 0 spiro atoms. The maximum absolute atomic E-state index is 12.9. The second kappa shape index (κ2) is 12.4. The first kappa shape index (κ1) is 28.7. The minimum atomic E-state index is -1.06. The van der Waals surface area contributed by atoms with Crippen LogP contribution in [0.15, 0.2) is 35.1 Å². The average molecular weight is 504 g/mol. The van der Waals surface area contributed by atoms with Crippen LogP contribution in [0.2, 0.25) is 0 Å². The topological polar surface area (TPSA) is 148 Å². The van der Waals surface area contributed by atoms with Gasteiger partial charge in [-0.1, -0.05) is 30.3 Å². The molecular formula is C25H33N3O8. The van der Waals surface area contributed by atoms with Crippen molar-refractivity contribution < 1.29 is 33.7 Å². The number of benzene rings is 1. The number of carbonyl (C=O) groups is 1. The van der Waals surface area contributed by atoms with Gasteiger partial charge in [0, 0.05) is 7.05 Å². The lowest BCUT2D eigenvalue weighted by molar-refractivity contribution is -0.191. The molecule has 0 unspecified atom stereocenters. The summed E-state index contributed by atoms with van der Waals surface area (Å²) >= 11 is 0. The van der Waals surface area contributed by atoms with Crippen molar-refractivity contribution in [1.29, 1.82) is 0 Å². The van der Waals surface area contributed by atoms with E-state index in [0.29, 0.717) is 26.1 Å². The predicted octanol–water partition coefficient (Wildman–Crippen LogP) is 2.66. The third kappa shape index (κ3) is 7.48. The van der Waals surface area contributed by atoms with Crippen LogP contribution in [0.5, 0.6) is 5.75 Å². The van der Waals surface area contributed by atoms with Crippen molar-refractivity contribution in [2.24, 2.45) is 0 Å². The van der Waals surface area contributed by atoms with E-state index in [1.807, 2.05) is 30.3 Å². The van der Waals surface area contributed by atoms with Gasteiger partial charge < -0.3 is 24.3 Å². The molecule has 2 heterocycles. The zero-order valence-corrected chi connectivity index (χ0v) is 21.2. The molecule has 1 aromatic heterocycles. The molecule has 1 aliphatic heterocycles. The highest BCUT2D eigenvalue weighted by Crippen LogP contribution is 2.37. The summed E-state index contributed by atoms with van der Waals surface area (Å²) in [6.45, 7) is 7.87. The summed E-state index contributed by atoms with van der Waals surface area (Å²) in [5.41, 5.74) is -1.16. The minimum absolute atomic E-state index is 0.0925. The number of rotatable bonds is 6. The van der Waals surface area contributed by atoms with Crippen molar-refractivity contribution in [2.45, 2.75) is 64.4 Å². The number of aryl methyl sites for hydroxylation is 1. The molecule has 2 aromatic rings. The molecule has 3 rings (SSSR count). The fraction of sp³-hybridized carbons (Fsp3) is 0.520. The third-order valence-electron chi connectivity index (χ3n) is 5.67. The number of likely N-dealkylation sites (N-methyl/N-ethyl adjacent to an activating group) is 1. The number of nitrogens with one attached hydrogen (secondary N) is 1. The summed E-state index contributed by atoms with van der Waals surface area (Å²) in [7, 11) is 1.60. The Morgan fingerprint density at radius 2 is 1.94 bits per heavy atom. The summed E-state index contributed by atoms with van der Waals surface area (Å²) in [6.07, 6.45) is 0.568. The maximum Gasteiger partial charge on any atom is 0.410 e. The zero-order valence-electron chi connectivity index (χ0n) is 21.2. The van der Waals surface area contributed by atoms with E-state index >= 15 is 0 Å². The molecule has 1 aromatic carbocycles. The number of hydrogen-bond donors (Lipinski definition) is 2. The van der Waals surface area contributed by atoms with Crippen molar-refractivity contribution in [2.75, 3.05) is 20.3 Å². The quantitative estimate of drug-likeness (QED) is 0.607. The number of aromatic hydroxyl groups is 1. The summed E-state index contributed by atoms with van der Waals surface area (Å²) in [5.74, 6) is -0.197. The number of aromatic nitrogens is 2. The first-order valence-corrected chi connectivity index (χ1v) is 11.4. The Hall–Kier alpha value is -3.53. The molecule has 11 nitrogen and oxygen atoms in total. The van der Waals surface area contributed by atoms with E-state index < -0.39 is 28.5 Å². The van der Waals surface area contributed by atoms with Crippen molar-refractivity contribution in [3.05, 3.63) is 57.8 Å². The van der Waals surface area contributed by atoms with Gasteiger partial charge in [-0.05, 0) is 46.1 Å². The van der Waals surface area contributed by atoms with Crippen LogP contribution in [0.1, 0.15) is 50.7 Å². The van der Waals surface area contributed by atoms with Crippen LogP contribution < -0.4 is 5.56 Å². The van der Waals surface area contributed by atoms with Gasteiger partial charge in [0.15, 0.2) is 0 Å². The summed E-state index contributed by atoms with van der Waals surface area (Å²) in [6, 6.07) is 9.88. The van der Waals surface area contributed by atoms with Gasteiger partial charge in [0.1, 0.15) is 17.0 Å². The van der Waals surface area contributed by atoms with Crippen molar-refractivity contribution in [3.8, 4) is 5.75 Å². The van der Waals surface area contributed by atoms with Crippen LogP contribution in [-0.4, -0.2) is 64.2 Å². The monoisotopic (exact) mass is 503 g/mol. The standard InChI is InChI=1S/C24H33N3O6.CO2/c1-16-19(28)20(29)26-21(25-16)24(27(5)22(30)33-23(2,3)4)12-11-18(32-15-24)14-31-13-17-9-7-6-8-10-17;2-1-3/h6-10,18,28H,11-15H2,1-5H3,(H,25,26,29);/t18-,24+;/m1./s1. The van der Waals surface area contributed by atoms with E-state index in [0.717, 1.165) is 5.56 Å². The van der Waals surface area contributed by atoms with Gasteiger partial charge in [0.05, 0.1) is 31.6 Å². The highest BCUT2D eigenvalue weighted by Gasteiger charge is 2.47. The molecule has 0 radical (unpaired) electrons. The van der Waals surface area contributed by atoms with Gasteiger partial charge >= 0.3 is 12.2 Å². The Morgan fingerprint density at radius 3 is 2.47 bits per heavy atom. The third-order valence-corrected chi connectivity index (χ3v) is 5.67. The van der Waals surface area contributed by atoms with Crippen LogP contribution in [0, 0.1) is 6.92 Å². The largest absolute Gasteiger partial charge is 0.502 e. The number of ether oxygens (including phenoxy) is 3. The summed E-state index contributed by atoms with van der Waals surface area (Å²) in [4.78, 5) is 49.9. The van der Waals surface area contributed by atoms with Crippen LogP contribution in [0.4, 0.5) is 4.79 Å². The van der Waals surface area contributed by atoms with Crippen molar-refractivity contribution >= 4 is 12.2 Å². The molecule has 196 valence electrons. The summed E-state index contributed by atoms with van der Waals surface area (Å²) < 4.78 is 17.5. The van der Waals surface area contributed by atoms with Gasteiger partial charge in [-0.3, -0.25) is 9.69 Å². The molecule has 2 N–H and O–H groups in total. The molecule has 0 aliphatic carbocycles. The number of H-pyrrole nitrogens is 1. The Bertz CT molecular complexity index is 1100. The molecule has 0 saturated carbocycles. The molecule has 2 atom stereocenters. The van der Waals surface area contributed by atoms with Crippen LogP contribution in [0.25, 0.3) is 0 Å². The Kier molecular flexibility index (Phi) is 9.92. The Labute approximate surface area is 209 Å². The molecule has 1 fully saturated rings.